The van der Waals surface area contributed by atoms with Crippen molar-refractivity contribution in [3.63, 3.8) is 0 Å². The van der Waals surface area contributed by atoms with E-state index in [2.05, 4.69) is 10.0 Å². The third-order valence-corrected chi connectivity index (χ3v) is 3.17. The number of rotatable bonds is 7. The number of nitrogens with zero attached hydrogens (tertiary/aromatic N) is 3. The lowest BCUT2D eigenvalue weighted by molar-refractivity contribution is -0.300. The highest BCUT2D eigenvalue weighted by Crippen LogP contribution is 2.29. The molecule has 0 amide bonds. The second-order valence-electron chi connectivity index (χ2n) is 5.26. The molecule has 1 fully saturated rings. The zero-order valence-corrected chi connectivity index (χ0v) is 14.4. The molecule has 140 valence electrons. The lowest BCUT2D eigenvalue weighted by Crippen LogP contribution is -2.61. The van der Waals surface area contributed by atoms with Crippen molar-refractivity contribution in [3.05, 3.63) is 10.4 Å². The summed E-state index contributed by atoms with van der Waals surface area (Å²) in [6.07, 6.45) is -5.05. The van der Waals surface area contributed by atoms with Crippen LogP contribution in [0.1, 0.15) is 27.7 Å². The Bertz CT molecular complexity index is 548. The van der Waals surface area contributed by atoms with Gasteiger partial charge in [-0.2, -0.15) is 0 Å². The topological polar surface area (TPSA) is 146 Å². The van der Waals surface area contributed by atoms with E-state index in [0.717, 1.165) is 0 Å². The van der Waals surface area contributed by atoms with Crippen molar-refractivity contribution >= 4 is 17.9 Å². The van der Waals surface area contributed by atoms with Crippen molar-refractivity contribution in [1.29, 1.82) is 0 Å². The van der Waals surface area contributed by atoms with Crippen molar-refractivity contribution in [2.24, 2.45) is 5.11 Å². The van der Waals surface area contributed by atoms with Crippen molar-refractivity contribution in [2.75, 3.05) is 13.2 Å². The van der Waals surface area contributed by atoms with Crippen molar-refractivity contribution in [3.8, 4) is 0 Å². The molecule has 0 spiro atoms. The van der Waals surface area contributed by atoms with Gasteiger partial charge in [0.05, 0.1) is 12.7 Å². The average molecular weight is 359 g/mol. The normalized spacial score (nSPS) is 28.4. The third kappa shape index (κ3) is 6.57. The van der Waals surface area contributed by atoms with E-state index in [1.54, 1.807) is 6.92 Å². The Morgan fingerprint density at radius 3 is 2.04 bits per heavy atom. The van der Waals surface area contributed by atoms with E-state index in [1.165, 1.54) is 20.8 Å². The molecule has 0 radical (unpaired) electrons. The molecule has 2 unspecified atom stereocenters. The smallest absolute Gasteiger partial charge is 0.303 e. The highest BCUT2D eigenvalue weighted by molar-refractivity contribution is 5.68. The number of hydrogen-bond acceptors (Lipinski definition) is 9. The van der Waals surface area contributed by atoms with Crippen LogP contribution >= 0.6 is 0 Å². The minimum atomic E-state index is -1.16. The number of esters is 3. The molecule has 0 bridgehead atoms. The Morgan fingerprint density at radius 2 is 1.52 bits per heavy atom. The summed E-state index contributed by atoms with van der Waals surface area (Å²) in [6.45, 7) is 5.15. The van der Waals surface area contributed by atoms with Crippen LogP contribution in [0.15, 0.2) is 5.11 Å². The first kappa shape index (κ1) is 20.7. The number of azide groups is 1. The predicted molar refractivity (Wildman–Crippen MR) is 81.0 cm³/mol. The van der Waals surface area contributed by atoms with E-state index in [4.69, 9.17) is 29.2 Å². The molecule has 0 aliphatic carbocycles. The Balaban J connectivity index is 3.04. The molecule has 1 aliphatic heterocycles. The zero-order valence-electron chi connectivity index (χ0n) is 14.4. The van der Waals surface area contributed by atoms with Gasteiger partial charge in [0.2, 0.25) is 0 Å². The van der Waals surface area contributed by atoms with E-state index < -0.39 is 48.6 Å². The maximum atomic E-state index is 11.4. The molecule has 5 atom stereocenters. The SMILES string of the molecule is CC(=O)OC1[C@H](OC(C)=O)C(OCCN=[N+]=[N-])O[C@@H](C)[C@@H]1OC(C)=O. The van der Waals surface area contributed by atoms with E-state index >= 15 is 0 Å². The van der Waals surface area contributed by atoms with Gasteiger partial charge in [0.1, 0.15) is 0 Å². The second kappa shape index (κ2) is 9.82. The lowest BCUT2D eigenvalue weighted by Gasteiger charge is -2.43. The summed E-state index contributed by atoms with van der Waals surface area (Å²) in [6, 6.07) is 0. The molecular weight excluding hydrogens is 338 g/mol. The molecule has 0 saturated carbocycles. The van der Waals surface area contributed by atoms with Gasteiger partial charge in [-0.1, -0.05) is 5.11 Å². The van der Waals surface area contributed by atoms with Gasteiger partial charge in [-0.15, -0.1) is 0 Å². The monoisotopic (exact) mass is 359 g/mol. The first-order valence-corrected chi connectivity index (χ1v) is 7.55. The largest absolute Gasteiger partial charge is 0.456 e. The molecule has 1 aliphatic rings. The quantitative estimate of drug-likeness (QED) is 0.162. The van der Waals surface area contributed by atoms with Gasteiger partial charge in [0, 0.05) is 32.2 Å². The van der Waals surface area contributed by atoms with E-state index in [0.29, 0.717) is 0 Å². The van der Waals surface area contributed by atoms with Gasteiger partial charge in [0.15, 0.2) is 24.6 Å². The highest BCUT2D eigenvalue weighted by Gasteiger charge is 2.50. The second-order valence-corrected chi connectivity index (χ2v) is 5.26. The summed E-state index contributed by atoms with van der Waals surface area (Å²) in [5, 5.41) is 3.32. The molecule has 11 nitrogen and oxygen atoms in total. The first-order chi connectivity index (χ1) is 11.8. The average Bonchev–Trinajstić information content (AvgIpc) is 2.49. The first-order valence-electron chi connectivity index (χ1n) is 7.55. The fourth-order valence-corrected chi connectivity index (χ4v) is 2.36. The Morgan fingerprint density at radius 1 is 1.00 bits per heavy atom. The molecular formula is C14H21N3O8. The van der Waals surface area contributed by atoms with Crippen LogP contribution in [0.5, 0.6) is 0 Å². The van der Waals surface area contributed by atoms with Gasteiger partial charge in [-0.25, -0.2) is 0 Å². The summed E-state index contributed by atoms with van der Waals surface area (Å²) in [5.41, 5.74) is 8.27. The molecule has 11 heteroatoms. The number of carbonyl (C=O) groups excluding carboxylic acids is 3. The summed E-state index contributed by atoms with van der Waals surface area (Å²) in [5.74, 6) is -1.92. The van der Waals surface area contributed by atoms with E-state index in [9.17, 15) is 14.4 Å². The van der Waals surface area contributed by atoms with Crippen molar-refractivity contribution in [2.45, 2.75) is 58.4 Å². The van der Waals surface area contributed by atoms with Crippen LogP contribution in [0.2, 0.25) is 0 Å². The third-order valence-electron chi connectivity index (χ3n) is 3.17. The molecule has 0 N–H and O–H groups in total. The van der Waals surface area contributed by atoms with E-state index in [1.807, 2.05) is 0 Å². The molecule has 0 aromatic rings. The van der Waals surface area contributed by atoms with E-state index in [-0.39, 0.29) is 13.2 Å². The fourth-order valence-electron chi connectivity index (χ4n) is 2.36. The van der Waals surface area contributed by atoms with Gasteiger partial charge >= 0.3 is 17.9 Å². The van der Waals surface area contributed by atoms with Gasteiger partial charge in [-0.3, -0.25) is 14.4 Å². The van der Waals surface area contributed by atoms with Crippen LogP contribution in [-0.2, 0) is 38.1 Å². The van der Waals surface area contributed by atoms with Crippen LogP contribution in [0.25, 0.3) is 10.4 Å². The number of carbonyl (C=O) groups is 3. The lowest BCUT2D eigenvalue weighted by atomic mass is 9.99. The summed E-state index contributed by atoms with van der Waals surface area (Å²) in [4.78, 5) is 36.8. The van der Waals surface area contributed by atoms with Crippen LogP contribution in [0.4, 0.5) is 0 Å². The Kier molecular flexibility index (Phi) is 8.12. The molecule has 0 aromatic carbocycles. The van der Waals surface area contributed by atoms with Crippen LogP contribution in [-0.4, -0.2) is 61.8 Å². The summed E-state index contributed by atoms with van der Waals surface area (Å²) in [7, 11) is 0. The standard InChI is InChI=1S/C14H21N3O8/c1-7-11(23-8(2)18)12(24-9(3)19)13(25-10(4)20)14(22-7)21-6-5-16-17-15/h7,11-14H,5-6H2,1-4H3/t7-,11-,12?,13-,14?/m0/s1. The maximum Gasteiger partial charge on any atom is 0.303 e. The van der Waals surface area contributed by atoms with Gasteiger partial charge < -0.3 is 23.7 Å². The molecule has 0 aromatic heterocycles. The summed E-state index contributed by atoms with van der Waals surface area (Å²) < 4.78 is 26.6. The maximum absolute atomic E-state index is 11.4. The molecule has 25 heavy (non-hydrogen) atoms. The zero-order chi connectivity index (χ0) is 19.0. The predicted octanol–water partition coefficient (Wildman–Crippen LogP) is 0.853. The Labute approximate surface area is 144 Å². The molecule has 1 heterocycles. The van der Waals surface area contributed by atoms with Gasteiger partial charge in [0.25, 0.3) is 0 Å². The fraction of sp³-hybridized carbons (Fsp3) is 0.786. The minimum absolute atomic E-state index is 0.00969. The number of hydrogen-bond donors (Lipinski definition) is 0. The Hall–Kier alpha value is -2.36. The minimum Gasteiger partial charge on any atom is -0.456 e. The molecule has 1 saturated heterocycles. The summed E-state index contributed by atoms with van der Waals surface area (Å²) >= 11 is 0. The highest BCUT2D eigenvalue weighted by atomic mass is 16.7. The van der Waals surface area contributed by atoms with Crippen LogP contribution < -0.4 is 0 Å². The van der Waals surface area contributed by atoms with Crippen LogP contribution in [0.3, 0.4) is 0 Å². The van der Waals surface area contributed by atoms with Gasteiger partial charge in [-0.05, 0) is 12.5 Å². The van der Waals surface area contributed by atoms with Crippen molar-refractivity contribution < 1.29 is 38.1 Å². The number of ether oxygens (including phenoxy) is 5. The van der Waals surface area contributed by atoms with Crippen molar-refractivity contribution in [1.82, 2.24) is 0 Å². The molecule has 1 rings (SSSR count). The van der Waals surface area contributed by atoms with Crippen LogP contribution in [0, 0.1) is 0 Å².